The molecule has 4 aromatic rings. The van der Waals surface area contributed by atoms with E-state index in [0.29, 0.717) is 16.4 Å². The minimum Gasteiger partial charge on any atom is -0.495 e. The van der Waals surface area contributed by atoms with E-state index in [0.717, 1.165) is 20.9 Å². The van der Waals surface area contributed by atoms with Crippen molar-refractivity contribution in [2.45, 2.75) is 10.1 Å². The summed E-state index contributed by atoms with van der Waals surface area (Å²) in [5, 5.41) is 13.5. The number of aromatic nitrogens is 2. The molecule has 0 saturated heterocycles. The normalized spacial score (nSPS) is 10.8. The molecule has 140 valence electrons. The molecule has 0 bridgehead atoms. The molecule has 28 heavy (non-hydrogen) atoms. The Labute approximate surface area is 170 Å². The van der Waals surface area contributed by atoms with Crippen molar-refractivity contribution in [1.29, 1.82) is 0 Å². The van der Waals surface area contributed by atoms with E-state index in [1.54, 1.807) is 24.9 Å². The third-order valence-corrected chi connectivity index (χ3v) is 6.20. The largest absolute Gasteiger partial charge is 0.495 e. The molecule has 0 spiro atoms. The van der Waals surface area contributed by atoms with Gasteiger partial charge in [0.2, 0.25) is 5.13 Å². The maximum Gasteiger partial charge on any atom is 0.261 e. The topological polar surface area (TPSA) is 64.1 Å². The fraction of sp³-hybridized carbons (Fsp3) is 0.0952. The van der Waals surface area contributed by atoms with Crippen LogP contribution >= 0.6 is 23.1 Å². The summed E-state index contributed by atoms with van der Waals surface area (Å²) in [4.78, 5) is 12.8. The molecular formula is C21H17N3O2S2. The summed E-state index contributed by atoms with van der Waals surface area (Å²) in [6, 6.07) is 21.6. The average Bonchev–Trinajstić information content (AvgIpc) is 3.19. The summed E-state index contributed by atoms with van der Waals surface area (Å²) in [5.74, 6) is 1.10. The SMILES string of the molecule is COc1c(C(=O)Nc2nnc(SCc3ccccc3)s2)ccc2ccccc12. The van der Waals surface area contributed by atoms with Crippen LogP contribution in [-0.4, -0.2) is 23.2 Å². The summed E-state index contributed by atoms with van der Waals surface area (Å²) in [6.45, 7) is 0. The van der Waals surface area contributed by atoms with E-state index in [2.05, 4.69) is 27.6 Å². The number of benzene rings is 3. The van der Waals surface area contributed by atoms with E-state index < -0.39 is 0 Å². The Morgan fingerprint density at radius 2 is 1.82 bits per heavy atom. The third-order valence-electron chi connectivity index (χ3n) is 4.16. The van der Waals surface area contributed by atoms with Crippen molar-refractivity contribution in [3.63, 3.8) is 0 Å². The standard InChI is InChI=1S/C21H17N3O2S2/c1-26-18-16-10-6-5-9-15(16)11-12-17(18)19(25)22-20-23-24-21(28-20)27-13-14-7-3-2-4-8-14/h2-12H,13H2,1H3,(H,22,23,25). The number of hydrogen-bond acceptors (Lipinski definition) is 6. The van der Waals surface area contributed by atoms with Gasteiger partial charge in [-0.05, 0) is 17.0 Å². The molecule has 0 radical (unpaired) electrons. The van der Waals surface area contributed by atoms with Crippen LogP contribution in [0.3, 0.4) is 0 Å². The smallest absolute Gasteiger partial charge is 0.261 e. The van der Waals surface area contributed by atoms with Crippen molar-refractivity contribution in [2.75, 3.05) is 12.4 Å². The number of rotatable bonds is 6. The first-order valence-corrected chi connectivity index (χ1v) is 10.4. The number of amides is 1. The second kappa shape index (κ2) is 8.41. The highest BCUT2D eigenvalue weighted by Gasteiger charge is 2.17. The molecule has 1 N–H and O–H groups in total. The maximum atomic E-state index is 12.8. The Bertz CT molecular complexity index is 1110. The second-order valence-corrected chi connectivity index (χ2v) is 8.17. The van der Waals surface area contributed by atoms with Crippen LogP contribution < -0.4 is 10.1 Å². The number of hydrogen-bond donors (Lipinski definition) is 1. The first-order chi connectivity index (χ1) is 13.7. The number of fused-ring (bicyclic) bond motifs is 1. The monoisotopic (exact) mass is 407 g/mol. The van der Waals surface area contributed by atoms with Crippen molar-refractivity contribution in [1.82, 2.24) is 10.2 Å². The van der Waals surface area contributed by atoms with Crippen molar-refractivity contribution in [2.24, 2.45) is 0 Å². The summed E-state index contributed by atoms with van der Waals surface area (Å²) < 4.78 is 6.32. The Balaban J connectivity index is 1.48. The van der Waals surface area contributed by atoms with Gasteiger partial charge in [-0.2, -0.15) is 0 Å². The summed E-state index contributed by atoms with van der Waals surface area (Å²) in [7, 11) is 1.57. The Morgan fingerprint density at radius 1 is 1.04 bits per heavy atom. The molecule has 0 fully saturated rings. The van der Waals surface area contributed by atoms with Crippen molar-refractivity contribution >= 4 is 44.9 Å². The summed E-state index contributed by atoms with van der Waals surface area (Å²) in [6.07, 6.45) is 0. The Kier molecular flexibility index (Phi) is 5.55. The third kappa shape index (κ3) is 4.00. The van der Waals surface area contributed by atoms with Crippen LogP contribution in [0.15, 0.2) is 71.1 Å². The molecule has 0 unspecified atom stereocenters. The van der Waals surface area contributed by atoms with E-state index in [9.17, 15) is 4.79 Å². The lowest BCUT2D eigenvalue weighted by atomic mass is 10.0. The highest BCUT2D eigenvalue weighted by atomic mass is 32.2. The molecule has 1 heterocycles. The Hall–Kier alpha value is -2.90. The van der Waals surface area contributed by atoms with Gasteiger partial charge in [-0.15, -0.1) is 10.2 Å². The molecule has 0 aliphatic rings. The van der Waals surface area contributed by atoms with Gasteiger partial charge in [0.25, 0.3) is 5.91 Å². The van der Waals surface area contributed by atoms with Gasteiger partial charge < -0.3 is 4.74 Å². The van der Waals surface area contributed by atoms with Gasteiger partial charge in [-0.3, -0.25) is 10.1 Å². The molecule has 1 amide bonds. The van der Waals surface area contributed by atoms with Crippen LogP contribution in [0.5, 0.6) is 5.75 Å². The fourth-order valence-corrected chi connectivity index (χ4v) is 4.55. The lowest BCUT2D eigenvalue weighted by Gasteiger charge is -2.11. The molecule has 1 aromatic heterocycles. The Morgan fingerprint density at radius 3 is 2.64 bits per heavy atom. The molecule has 0 aliphatic heterocycles. The van der Waals surface area contributed by atoms with E-state index in [-0.39, 0.29) is 5.91 Å². The number of carbonyl (C=O) groups is 1. The first kappa shape index (κ1) is 18.5. The number of methoxy groups -OCH3 is 1. The molecule has 7 heteroatoms. The molecule has 4 rings (SSSR count). The van der Waals surface area contributed by atoms with Crippen molar-refractivity contribution in [3.05, 3.63) is 77.9 Å². The van der Waals surface area contributed by atoms with E-state index in [1.807, 2.05) is 48.5 Å². The zero-order valence-corrected chi connectivity index (χ0v) is 16.7. The van der Waals surface area contributed by atoms with Crippen LogP contribution in [0, 0.1) is 0 Å². The van der Waals surface area contributed by atoms with E-state index >= 15 is 0 Å². The van der Waals surface area contributed by atoms with Crippen LogP contribution in [0.1, 0.15) is 15.9 Å². The van der Waals surface area contributed by atoms with Crippen LogP contribution in [0.2, 0.25) is 0 Å². The van der Waals surface area contributed by atoms with Gasteiger partial charge in [0, 0.05) is 11.1 Å². The quantitative estimate of drug-likeness (QED) is 0.350. The number of carbonyl (C=O) groups excluding carboxylic acids is 1. The lowest BCUT2D eigenvalue weighted by molar-refractivity contribution is 0.102. The molecular weight excluding hydrogens is 390 g/mol. The lowest BCUT2D eigenvalue weighted by Crippen LogP contribution is -2.13. The maximum absolute atomic E-state index is 12.8. The molecule has 0 aliphatic carbocycles. The molecule has 0 atom stereocenters. The zero-order chi connectivity index (χ0) is 19.3. The summed E-state index contributed by atoms with van der Waals surface area (Å²) in [5.41, 5.74) is 1.68. The number of nitrogens with zero attached hydrogens (tertiary/aromatic N) is 2. The van der Waals surface area contributed by atoms with Gasteiger partial charge in [0.15, 0.2) is 4.34 Å². The number of nitrogens with one attached hydrogen (secondary N) is 1. The number of thioether (sulfide) groups is 1. The van der Waals surface area contributed by atoms with E-state index in [4.69, 9.17) is 4.74 Å². The highest BCUT2D eigenvalue weighted by molar-refractivity contribution is 8.00. The van der Waals surface area contributed by atoms with Crippen LogP contribution in [0.25, 0.3) is 10.8 Å². The van der Waals surface area contributed by atoms with Gasteiger partial charge in [-0.1, -0.05) is 83.8 Å². The van der Waals surface area contributed by atoms with E-state index in [1.165, 1.54) is 16.9 Å². The van der Waals surface area contributed by atoms with Crippen LogP contribution in [-0.2, 0) is 5.75 Å². The fourth-order valence-electron chi connectivity index (χ4n) is 2.84. The second-order valence-electron chi connectivity index (χ2n) is 5.97. The van der Waals surface area contributed by atoms with Gasteiger partial charge in [-0.25, -0.2) is 0 Å². The van der Waals surface area contributed by atoms with Crippen LogP contribution in [0.4, 0.5) is 5.13 Å². The molecule has 0 saturated carbocycles. The predicted octanol–water partition coefficient (Wildman–Crippen LogP) is 5.24. The molecule has 3 aromatic carbocycles. The van der Waals surface area contributed by atoms with Crippen molar-refractivity contribution in [3.8, 4) is 5.75 Å². The first-order valence-electron chi connectivity index (χ1n) is 8.62. The number of anilines is 1. The van der Waals surface area contributed by atoms with Gasteiger partial charge >= 0.3 is 0 Å². The summed E-state index contributed by atoms with van der Waals surface area (Å²) >= 11 is 2.96. The minimum absolute atomic E-state index is 0.265. The minimum atomic E-state index is -0.265. The predicted molar refractivity (Wildman–Crippen MR) is 114 cm³/mol. The highest BCUT2D eigenvalue weighted by Crippen LogP contribution is 2.32. The number of ether oxygens (including phenoxy) is 1. The van der Waals surface area contributed by atoms with Crippen molar-refractivity contribution < 1.29 is 9.53 Å². The van der Waals surface area contributed by atoms with Gasteiger partial charge in [0.05, 0.1) is 12.7 Å². The van der Waals surface area contributed by atoms with Gasteiger partial charge in [0.1, 0.15) is 5.75 Å². The zero-order valence-electron chi connectivity index (χ0n) is 15.1. The molecule has 5 nitrogen and oxygen atoms in total. The average molecular weight is 408 g/mol.